The Kier molecular flexibility index (Phi) is 8.25. The van der Waals surface area contributed by atoms with E-state index in [4.69, 9.17) is 15.5 Å². The molecule has 1 saturated carbocycles. The maximum absolute atomic E-state index is 12.3. The molecular formula is C26H37N7O3. The fourth-order valence-corrected chi connectivity index (χ4v) is 4.60. The number of pyridine rings is 1. The minimum absolute atomic E-state index is 0.0396. The van der Waals surface area contributed by atoms with Crippen molar-refractivity contribution in [3.05, 3.63) is 53.1 Å². The molecule has 1 aliphatic carbocycles. The van der Waals surface area contributed by atoms with E-state index in [0.717, 1.165) is 65.2 Å². The zero-order valence-electron chi connectivity index (χ0n) is 21.3. The van der Waals surface area contributed by atoms with Gasteiger partial charge in [-0.15, -0.1) is 0 Å². The second-order valence-corrected chi connectivity index (χ2v) is 9.91. The van der Waals surface area contributed by atoms with E-state index in [1.54, 1.807) is 16.8 Å². The van der Waals surface area contributed by atoms with Crippen molar-refractivity contribution in [2.24, 2.45) is 17.6 Å². The minimum Gasteiger partial charge on any atom is -0.619 e. The Morgan fingerprint density at radius 3 is 2.92 bits per heavy atom. The van der Waals surface area contributed by atoms with Crippen LogP contribution in [0.15, 0.2) is 36.8 Å². The summed E-state index contributed by atoms with van der Waals surface area (Å²) in [6, 6.07) is 5.10. The van der Waals surface area contributed by atoms with E-state index in [2.05, 4.69) is 22.7 Å². The van der Waals surface area contributed by atoms with E-state index in [9.17, 15) is 10.0 Å². The molecule has 0 aliphatic heterocycles. The Balaban J connectivity index is 1.52. The topological polar surface area (TPSA) is 134 Å². The van der Waals surface area contributed by atoms with Crippen molar-refractivity contribution < 1.29 is 14.3 Å². The Labute approximate surface area is 211 Å². The van der Waals surface area contributed by atoms with Gasteiger partial charge in [0.1, 0.15) is 17.7 Å². The predicted octanol–water partition coefficient (Wildman–Crippen LogP) is 3.03. The number of nitrogens with zero attached hydrogens (tertiary/aromatic N) is 4. The van der Waals surface area contributed by atoms with Gasteiger partial charge in [0.15, 0.2) is 18.0 Å². The molecular weight excluding hydrogens is 458 g/mol. The summed E-state index contributed by atoms with van der Waals surface area (Å²) < 4.78 is 8.20. The average molecular weight is 496 g/mol. The number of nitrogens with one attached hydrogen (secondary N) is 2. The molecule has 1 aliphatic rings. The van der Waals surface area contributed by atoms with Gasteiger partial charge in [-0.25, -0.2) is 4.98 Å². The molecule has 3 atom stereocenters. The molecule has 0 amide bonds. The van der Waals surface area contributed by atoms with Crippen molar-refractivity contribution >= 4 is 23.3 Å². The predicted molar refractivity (Wildman–Crippen MR) is 138 cm³/mol. The van der Waals surface area contributed by atoms with Crippen LogP contribution >= 0.6 is 0 Å². The normalized spacial score (nSPS) is 18.8. The minimum atomic E-state index is -0.604. The molecule has 10 nitrogen and oxygen atoms in total. The molecule has 3 heterocycles. The lowest BCUT2D eigenvalue weighted by Gasteiger charge is -2.32. The number of hydrogen-bond acceptors (Lipinski definition) is 8. The first kappa shape index (κ1) is 25.7. The lowest BCUT2D eigenvalue weighted by Crippen LogP contribution is -2.40. The summed E-state index contributed by atoms with van der Waals surface area (Å²) >= 11 is 0. The van der Waals surface area contributed by atoms with E-state index in [1.807, 2.05) is 32.2 Å². The summed E-state index contributed by atoms with van der Waals surface area (Å²) in [6.07, 6.45) is 9.83. The van der Waals surface area contributed by atoms with E-state index < -0.39 is 6.04 Å². The van der Waals surface area contributed by atoms with Crippen LogP contribution in [-0.4, -0.2) is 39.3 Å². The fourth-order valence-electron chi connectivity index (χ4n) is 4.60. The lowest BCUT2D eigenvalue weighted by atomic mass is 9.85. The fraction of sp³-hybridized carbons (Fsp3) is 0.538. The van der Waals surface area contributed by atoms with Gasteiger partial charge in [0.2, 0.25) is 0 Å². The third kappa shape index (κ3) is 6.04. The number of ether oxygens (including phenoxy) is 1. The largest absolute Gasteiger partial charge is 0.619 e. The molecule has 4 N–H and O–H groups in total. The summed E-state index contributed by atoms with van der Waals surface area (Å²) in [5, 5.41) is 23.2. The first-order valence-electron chi connectivity index (χ1n) is 12.8. The van der Waals surface area contributed by atoms with Crippen LogP contribution in [0.5, 0.6) is 0 Å². The smallest absolute Gasteiger partial charge is 0.323 e. The number of anilines is 2. The third-order valence-electron chi connectivity index (χ3n) is 6.91. The number of rotatable bonds is 10. The highest BCUT2D eigenvalue weighted by Gasteiger charge is 2.28. The van der Waals surface area contributed by atoms with Gasteiger partial charge >= 0.3 is 5.97 Å². The zero-order chi connectivity index (χ0) is 25.7. The molecule has 0 bridgehead atoms. The van der Waals surface area contributed by atoms with Gasteiger partial charge < -0.3 is 26.3 Å². The molecule has 3 aromatic rings. The van der Waals surface area contributed by atoms with E-state index in [1.165, 1.54) is 6.20 Å². The molecule has 0 spiro atoms. The average Bonchev–Trinajstić information content (AvgIpc) is 3.29. The summed E-state index contributed by atoms with van der Waals surface area (Å²) in [7, 11) is 0. The molecule has 3 aromatic heterocycles. The second kappa shape index (κ2) is 11.6. The number of carbonyl (C=O) groups excluding carboxylic acids is 1. The van der Waals surface area contributed by atoms with Gasteiger partial charge in [-0.05, 0) is 31.2 Å². The van der Waals surface area contributed by atoms with Crippen LogP contribution in [0.2, 0.25) is 0 Å². The van der Waals surface area contributed by atoms with Crippen molar-refractivity contribution in [1.29, 1.82) is 0 Å². The highest BCUT2D eigenvalue weighted by Crippen LogP contribution is 2.29. The number of aromatic nitrogens is 4. The highest BCUT2D eigenvalue weighted by molar-refractivity contribution is 5.75. The number of hydrogen-bond donors (Lipinski definition) is 3. The van der Waals surface area contributed by atoms with Crippen LogP contribution in [0.3, 0.4) is 0 Å². The molecule has 36 heavy (non-hydrogen) atoms. The SMILES string of the molecule is CCc1cnn2c(NCc3ccc[n+]([O-])c3)cc(N[C@H]3CCCC[C@H]3COC(=O)[C@H](N)C(C)C)nc12. The third-order valence-corrected chi connectivity index (χ3v) is 6.91. The van der Waals surface area contributed by atoms with Crippen molar-refractivity contribution in [1.82, 2.24) is 14.6 Å². The van der Waals surface area contributed by atoms with E-state index >= 15 is 0 Å². The molecule has 1 fully saturated rings. The molecule has 0 saturated heterocycles. The zero-order valence-corrected chi connectivity index (χ0v) is 21.3. The maximum Gasteiger partial charge on any atom is 0.323 e. The molecule has 194 valence electrons. The van der Waals surface area contributed by atoms with Crippen molar-refractivity contribution in [3.63, 3.8) is 0 Å². The Hall–Kier alpha value is -3.40. The van der Waals surface area contributed by atoms with Crippen LogP contribution in [-0.2, 0) is 22.5 Å². The van der Waals surface area contributed by atoms with E-state index in [-0.39, 0.29) is 23.8 Å². The lowest BCUT2D eigenvalue weighted by molar-refractivity contribution is -0.605. The summed E-state index contributed by atoms with van der Waals surface area (Å²) in [5.74, 6) is 1.41. The van der Waals surface area contributed by atoms with Crippen LogP contribution in [0.4, 0.5) is 11.6 Å². The van der Waals surface area contributed by atoms with Gasteiger partial charge in [-0.2, -0.15) is 14.3 Å². The maximum atomic E-state index is 12.3. The summed E-state index contributed by atoms with van der Waals surface area (Å²) in [5.41, 5.74) is 8.67. The van der Waals surface area contributed by atoms with Crippen molar-refractivity contribution in [2.45, 2.75) is 71.5 Å². The Morgan fingerprint density at radius 1 is 1.36 bits per heavy atom. The summed E-state index contributed by atoms with van der Waals surface area (Å²) in [4.78, 5) is 17.2. The molecule has 0 unspecified atom stereocenters. The van der Waals surface area contributed by atoms with Gasteiger partial charge in [-0.3, -0.25) is 4.79 Å². The summed E-state index contributed by atoms with van der Waals surface area (Å²) in [6.45, 7) is 6.74. The van der Waals surface area contributed by atoms with Crippen LogP contribution in [0.25, 0.3) is 5.65 Å². The first-order valence-corrected chi connectivity index (χ1v) is 12.8. The number of esters is 1. The Morgan fingerprint density at radius 2 is 2.17 bits per heavy atom. The van der Waals surface area contributed by atoms with Gasteiger partial charge in [0.25, 0.3) is 0 Å². The molecule has 0 radical (unpaired) electrons. The van der Waals surface area contributed by atoms with Gasteiger partial charge in [0, 0.05) is 41.8 Å². The highest BCUT2D eigenvalue weighted by atomic mass is 16.5. The monoisotopic (exact) mass is 495 g/mol. The van der Waals surface area contributed by atoms with Crippen LogP contribution in [0, 0.1) is 17.0 Å². The quantitative estimate of drug-likeness (QED) is 0.222. The molecule has 10 heteroatoms. The number of carbonyl (C=O) groups is 1. The molecule has 4 rings (SSSR count). The standard InChI is InChI=1S/C26H37N7O3/c1-4-19-14-29-33-23(28-13-18-8-7-11-32(35)15-18)12-22(31-25(19)33)30-21-10-6-5-9-20(21)16-36-26(34)24(27)17(2)3/h7-8,11-12,14-15,17,20-21,24,28H,4-6,9-10,13,16,27H2,1-3H3,(H,30,31)/t20-,21-,24+/m0/s1. The van der Waals surface area contributed by atoms with E-state index in [0.29, 0.717) is 13.2 Å². The first-order chi connectivity index (χ1) is 17.4. The van der Waals surface area contributed by atoms with Gasteiger partial charge in [0.05, 0.1) is 12.8 Å². The van der Waals surface area contributed by atoms with Crippen molar-refractivity contribution in [2.75, 3.05) is 17.2 Å². The van der Waals surface area contributed by atoms with Crippen LogP contribution in [0.1, 0.15) is 57.6 Å². The molecule has 0 aromatic carbocycles. The number of nitrogens with two attached hydrogens (primary N) is 1. The van der Waals surface area contributed by atoms with Gasteiger partial charge in [-0.1, -0.05) is 33.6 Å². The Bertz CT molecular complexity index is 1180. The number of fused-ring (bicyclic) bond motifs is 1. The second-order valence-electron chi connectivity index (χ2n) is 9.91. The van der Waals surface area contributed by atoms with Crippen LogP contribution < -0.4 is 21.1 Å². The number of aryl methyl sites for hydroxylation is 1. The van der Waals surface area contributed by atoms with Crippen molar-refractivity contribution in [3.8, 4) is 0 Å².